The van der Waals surface area contributed by atoms with E-state index in [4.69, 9.17) is 22.1 Å². The number of halogens is 1. The molecule has 0 saturated heterocycles. The summed E-state index contributed by atoms with van der Waals surface area (Å²) in [5.41, 5.74) is 7.43. The third-order valence-corrected chi connectivity index (χ3v) is 3.16. The van der Waals surface area contributed by atoms with Crippen LogP contribution in [0.4, 0.5) is 11.4 Å². The Morgan fingerprint density at radius 3 is 2.36 bits per heavy atom. The second kappa shape index (κ2) is 7.47. The van der Waals surface area contributed by atoms with Gasteiger partial charge in [-0.15, -0.1) is 11.6 Å². The van der Waals surface area contributed by atoms with Crippen LogP contribution in [0.5, 0.6) is 5.75 Å². The van der Waals surface area contributed by atoms with Crippen LogP contribution in [0.15, 0.2) is 53.5 Å². The van der Waals surface area contributed by atoms with E-state index < -0.39 is 0 Å². The fourth-order valence-electron chi connectivity index (χ4n) is 1.76. The summed E-state index contributed by atoms with van der Waals surface area (Å²) in [7, 11) is 1.59. The molecule has 0 aliphatic heterocycles. The molecule has 0 aliphatic carbocycles. The van der Waals surface area contributed by atoms with Gasteiger partial charge in [-0.25, -0.2) is 4.99 Å². The Hall–Kier alpha value is -2.53. The number of aliphatic imine (C=N–C) groups is 1. The van der Waals surface area contributed by atoms with Gasteiger partial charge in [-0.3, -0.25) is 4.79 Å². The molecule has 0 heterocycles. The van der Waals surface area contributed by atoms with Gasteiger partial charge in [0.05, 0.1) is 18.7 Å². The number of amidine groups is 1. The molecule has 3 N–H and O–H groups in total. The number of benzene rings is 2. The SMILES string of the molecule is COc1ccc(NC(=O)c2ccc(N=C(N)CCl)cc2)cc1. The molecule has 1 amide bonds. The van der Waals surface area contributed by atoms with Crippen molar-refractivity contribution < 1.29 is 9.53 Å². The van der Waals surface area contributed by atoms with Crippen LogP contribution in [0.2, 0.25) is 0 Å². The number of hydrogen-bond acceptors (Lipinski definition) is 3. The molecule has 0 spiro atoms. The van der Waals surface area contributed by atoms with Crippen molar-refractivity contribution in [3.8, 4) is 5.75 Å². The Kier molecular flexibility index (Phi) is 5.38. The smallest absolute Gasteiger partial charge is 0.255 e. The molecule has 2 aromatic rings. The molecule has 0 radical (unpaired) electrons. The van der Waals surface area contributed by atoms with Crippen LogP contribution >= 0.6 is 11.6 Å². The average molecular weight is 318 g/mol. The van der Waals surface area contributed by atoms with E-state index in [2.05, 4.69) is 10.3 Å². The third kappa shape index (κ3) is 4.23. The summed E-state index contributed by atoms with van der Waals surface area (Å²) in [5.74, 6) is 1.03. The van der Waals surface area contributed by atoms with Gasteiger partial charge in [0.1, 0.15) is 11.6 Å². The summed E-state index contributed by atoms with van der Waals surface area (Å²) in [6.45, 7) is 0. The predicted octanol–water partition coefficient (Wildman–Crippen LogP) is 3.18. The van der Waals surface area contributed by atoms with Crippen molar-refractivity contribution in [1.82, 2.24) is 0 Å². The zero-order chi connectivity index (χ0) is 15.9. The molecule has 0 aromatic heterocycles. The topological polar surface area (TPSA) is 76.7 Å². The number of anilines is 1. The molecule has 0 bridgehead atoms. The standard InChI is InChI=1S/C16H16ClN3O2/c1-22-14-8-6-13(7-9-14)20-16(21)11-2-4-12(5-3-11)19-15(18)10-17/h2-9H,10H2,1H3,(H2,18,19)(H,20,21). The summed E-state index contributed by atoms with van der Waals surface area (Å²) in [4.78, 5) is 16.2. The second-order valence-corrected chi connectivity index (χ2v) is 4.73. The van der Waals surface area contributed by atoms with Crippen LogP contribution in [0.1, 0.15) is 10.4 Å². The van der Waals surface area contributed by atoms with Gasteiger partial charge in [0.25, 0.3) is 5.91 Å². The van der Waals surface area contributed by atoms with Gasteiger partial charge in [-0.2, -0.15) is 0 Å². The Bertz CT molecular complexity index is 667. The van der Waals surface area contributed by atoms with Gasteiger partial charge in [0.2, 0.25) is 0 Å². The summed E-state index contributed by atoms with van der Waals surface area (Å²) >= 11 is 5.57. The summed E-state index contributed by atoms with van der Waals surface area (Å²) in [6.07, 6.45) is 0. The lowest BCUT2D eigenvalue weighted by atomic mass is 10.2. The molecule has 2 rings (SSSR count). The first kappa shape index (κ1) is 15.9. The highest BCUT2D eigenvalue weighted by Crippen LogP contribution is 2.17. The van der Waals surface area contributed by atoms with Crippen molar-refractivity contribution in [2.24, 2.45) is 10.7 Å². The van der Waals surface area contributed by atoms with E-state index in [0.717, 1.165) is 5.75 Å². The van der Waals surface area contributed by atoms with Crippen LogP contribution in [0.25, 0.3) is 0 Å². The van der Waals surface area contributed by atoms with E-state index in [1.54, 1.807) is 55.6 Å². The number of nitrogens with one attached hydrogen (secondary N) is 1. The largest absolute Gasteiger partial charge is 0.497 e. The molecule has 0 atom stereocenters. The zero-order valence-electron chi connectivity index (χ0n) is 12.0. The lowest BCUT2D eigenvalue weighted by Crippen LogP contribution is -2.12. The molecule has 0 aliphatic rings. The lowest BCUT2D eigenvalue weighted by molar-refractivity contribution is 0.102. The zero-order valence-corrected chi connectivity index (χ0v) is 12.8. The van der Waals surface area contributed by atoms with Gasteiger partial charge in [0, 0.05) is 11.3 Å². The number of hydrogen-bond donors (Lipinski definition) is 2. The fraction of sp³-hybridized carbons (Fsp3) is 0.125. The van der Waals surface area contributed by atoms with Crippen molar-refractivity contribution in [3.05, 3.63) is 54.1 Å². The minimum absolute atomic E-state index is 0.166. The van der Waals surface area contributed by atoms with Crippen LogP contribution < -0.4 is 15.8 Å². The average Bonchev–Trinajstić information content (AvgIpc) is 2.56. The Morgan fingerprint density at radius 2 is 1.82 bits per heavy atom. The molecule has 0 fully saturated rings. The van der Waals surface area contributed by atoms with Gasteiger partial charge < -0.3 is 15.8 Å². The lowest BCUT2D eigenvalue weighted by Gasteiger charge is -2.06. The van der Waals surface area contributed by atoms with Crippen molar-refractivity contribution in [1.29, 1.82) is 0 Å². The van der Waals surface area contributed by atoms with Crippen LogP contribution in [0, 0.1) is 0 Å². The molecule has 5 nitrogen and oxygen atoms in total. The van der Waals surface area contributed by atoms with Gasteiger partial charge in [0.15, 0.2) is 0 Å². The van der Waals surface area contributed by atoms with Crippen LogP contribution in [0.3, 0.4) is 0 Å². The highest BCUT2D eigenvalue weighted by atomic mass is 35.5. The molecule has 0 saturated carbocycles. The van der Waals surface area contributed by atoms with E-state index >= 15 is 0 Å². The number of rotatable bonds is 5. The third-order valence-electron chi connectivity index (χ3n) is 2.89. The van der Waals surface area contributed by atoms with E-state index in [9.17, 15) is 4.79 Å². The van der Waals surface area contributed by atoms with Gasteiger partial charge in [-0.05, 0) is 48.5 Å². The number of methoxy groups -OCH3 is 1. The summed E-state index contributed by atoms with van der Waals surface area (Å²) < 4.78 is 5.07. The number of carbonyl (C=O) groups is 1. The number of carbonyl (C=O) groups excluding carboxylic acids is 1. The maximum atomic E-state index is 12.1. The maximum absolute atomic E-state index is 12.1. The molecule has 2 aromatic carbocycles. The monoisotopic (exact) mass is 317 g/mol. The number of ether oxygens (including phenoxy) is 1. The molecule has 6 heteroatoms. The number of alkyl halides is 1. The Balaban J connectivity index is 2.06. The minimum Gasteiger partial charge on any atom is -0.497 e. The summed E-state index contributed by atoms with van der Waals surface area (Å²) in [5, 5.41) is 2.80. The van der Waals surface area contributed by atoms with E-state index in [1.165, 1.54) is 0 Å². The first-order valence-electron chi connectivity index (χ1n) is 6.57. The second-order valence-electron chi connectivity index (χ2n) is 4.47. The molecule has 0 unspecified atom stereocenters. The van der Waals surface area contributed by atoms with Gasteiger partial charge in [-0.1, -0.05) is 0 Å². The minimum atomic E-state index is -0.203. The van der Waals surface area contributed by atoms with Crippen LogP contribution in [-0.4, -0.2) is 24.7 Å². The first-order valence-corrected chi connectivity index (χ1v) is 7.10. The van der Waals surface area contributed by atoms with Crippen molar-refractivity contribution >= 4 is 34.7 Å². The highest BCUT2D eigenvalue weighted by Gasteiger charge is 2.06. The van der Waals surface area contributed by atoms with Crippen molar-refractivity contribution in [3.63, 3.8) is 0 Å². The van der Waals surface area contributed by atoms with E-state index in [-0.39, 0.29) is 11.8 Å². The Labute approximate surface area is 133 Å². The van der Waals surface area contributed by atoms with Crippen molar-refractivity contribution in [2.75, 3.05) is 18.3 Å². The predicted molar refractivity (Wildman–Crippen MR) is 89.4 cm³/mol. The fourth-order valence-corrected chi connectivity index (χ4v) is 1.82. The number of nitrogens with two attached hydrogens (primary N) is 1. The van der Waals surface area contributed by atoms with E-state index in [0.29, 0.717) is 22.8 Å². The molecular weight excluding hydrogens is 302 g/mol. The van der Waals surface area contributed by atoms with E-state index in [1.807, 2.05) is 0 Å². The Morgan fingerprint density at radius 1 is 1.18 bits per heavy atom. The number of amides is 1. The molecule has 114 valence electrons. The molecule has 22 heavy (non-hydrogen) atoms. The quantitative estimate of drug-likeness (QED) is 0.505. The van der Waals surface area contributed by atoms with Gasteiger partial charge >= 0.3 is 0 Å². The number of nitrogens with zero attached hydrogens (tertiary/aromatic N) is 1. The highest BCUT2D eigenvalue weighted by molar-refractivity contribution is 6.28. The van der Waals surface area contributed by atoms with Crippen molar-refractivity contribution in [2.45, 2.75) is 0 Å². The normalized spacial score (nSPS) is 11.1. The van der Waals surface area contributed by atoms with Crippen LogP contribution in [-0.2, 0) is 0 Å². The molecular formula is C16H16ClN3O2. The summed E-state index contributed by atoms with van der Waals surface area (Å²) in [6, 6.07) is 13.9. The maximum Gasteiger partial charge on any atom is 0.255 e. The first-order chi connectivity index (χ1) is 10.6.